The highest BCUT2D eigenvalue weighted by Gasteiger charge is 2.32. The molecule has 0 aliphatic rings. The molecule has 4 atom stereocenters. The first-order valence-corrected chi connectivity index (χ1v) is 18.7. The molecule has 0 saturated carbocycles. The lowest BCUT2D eigenvalue weighted by atomic mass is 9.89. The van der Waals surface area contributed by atoms with Crippen LogP contribution in [0.25, 0.3) is 10.2 Å². The lowest BCUT2D eigenvalue weighted by molar-refractivity contribution is -0.135. The molecule has 0 saturated heterocycles. The Morgan fingerprint density at radius 3 is 2.14 bits per heavy atom. The number of rotatable bonds is 22. The van der Waals surface area contributed by atoms with Gasteiger partial charge >= 0.3 is 0 Å². The van der Waals surface area contributed by atoms with Crippen molar-refractivity contribution in [3.63, 3.8) is 0 Å². The van der Waals surface area contributed by atoms with Gasteiger partial charge in [0.15, 0.2) is 5.78 Å². The van der Waals surface area contributed by atoms with Gasteiger partial charge in [0.25, 0.3) is 0 Å². The van der Waals surface area contributed by atoms with Gasteiger partial charge in [-0.25, -0.2) is 4.98 Å². The van der Waals surface area contributed by atoms with Gasteiger partial charge in [0.2, 0.25) is 17.7 Å². The molecule has 1 heterocycles. The fraction of sp³-hybridized carbons (Fsp3) is 0.538. The third-order valence-corrected chi connectivity index (χ3v) is 10.0. The monoisotopic (exact) mass is 705 g/mol. The molecule has 3 rings (SSSR count). The number of aromatic nitrogens is 1. The molecule has 0 unspecified atom stereocenters. The Kier molecular flexibility index (Phi) is 16.2. The molecule has 11 heteroatoms. The number of Topliss-reactive ketones (excluding diaryl/α,β-unsaturated/α-hetero) is 2. The van der Waals surface area contributed by atoms with E-state index in [9.17, 15) is 24.0 Å². The van der Waals surface area contributed by atoms with E-state index in [0.29, 0.717) is 38.1 Å². The van der Waals surface area contributed by atoms with E-state index >= 15 is 0 Å². The first-order valence-electron chi connectivity index (χ1n) is 17.9. The summed E-state index contributed by atoms with van der Waals surface area (Å²) in [6, 6.07) is 13.7. The molecule has 0 aliphatic carbocycles. The van der Waals surface area contributed by atoms with E-state index < -0.39 is 41.6 Å². The third kappa shape index (κ3) is 12.7. The van der Waals surface area contributed by atoms with E-state index in [-0.39, 0.29) is 49.6 Å². The van der Waals surface area contributed by atoms with Crippen LogP contribution in [0.1, 0.15) is 102 Å². The van der Waals surface area contributed by atoms with Gasteiger partial charge in [-0.15, -0.1) is 11.3 Å². The van der Waals surface area contributed by atoms with Gasteiger partial charge < -0.3 is 22.1 Å². The number of unbranched alkanes of at least 4 members (excludes halogenated alkanes) is 1. The average Bonchev–Trinajstić information content (AvgIpc) is 3.48. The molecule has 1 aromatic heterocycles. The minimum Gasteiger partial charge on any atom is -0.368 e. The van der Waals surface area contributed by atoms with Crippen molar-refractivity contribution in [2.45, 2.75) is 110 Å². The van der Waals surface area contributed by atoms with Crippen molar-refractivity contribution < 1.29 is 24.0 Å². The molecular formula is C39H55N5O5S. The van der Waals surface area contributed by atoms with E-state index in [0.717, 1.165) is 20.8 Å². The van der Waals surface area contributed by atoms with Crippen LogP contribution in [0.3, 0.4) is 0 Å². The summed E-state index contributed by atoms with van der Waals surface area (Å²) in [6.07, 6.45) is 2.70. The Hall–Kier alpha value is -3.96. The molecule has 0 radical (unpaired) electrons. The second-order valence-electron chi connectivity index (χ2n) is 14.0. The minimum atomic E-state index is -0.944. The number of nitrogens with zero attached hydrogens (tertiary/aromatic N) is 1. The zero-order valence-electron chi connectivity index (χ0n) is 30.2. The zero-order valence-corrected chi connectivity index (χ0v) is 31.0. The summed E-state index contributed by atoms with van der Waals surface area (Å²) in [5.74, 6) is -2.81. The average molecular weight is 706 g/mol. The van der Waals surface area contributed by atoms with Crippen LogP contribution in [0, 0.1) is 17.8 Å². The summed E-state index contributed by atoms with van der Waals surface area (Å²) in [4.78, 5) is 71.3. The van der Waals surface area contributed by atoms with Crippen molar-refractivity contribution in [1.29, 1.82) is 0 Å². The van der Waals surface area contributed by atoms with Crippen LogP contribution in [0.2, 0.25) is 0 Å². The predicted molar refractivity (Wildman–Crippen MR) is 199 cm³/mol. The standard InChI is InChI=1S/C39H55N5O5S/c1-6-30(45)20-29(23-36-42-31-16-15-27(25(4)5)22-35(31)50-36)39(49)43-32(19-26-12-8-7-9-13-26)34(46)21-28(14-10-11-17-40)38(48)44-33(37(41)47)18-24(2)3/h7-9,12-13,15-16,22,24-25,28-29,32-33H,6,10-11,14,17-21,23,40H2,1-5H3,(H2,41,47)(H,43,49)(H,44,48)/t28-,29+,32+,33+/m1/s1. The van der Waals surface area contributed by atoms with Crippen LogP contribution in [-0.4, -0.2) is 52.9 Å². The summed E-state index contributed by atoms with van der Waals surface area (Å²) in [5, 5.41) is 6.50. The van der Waals surface area contributed by atoms with E-state index in [4.69, 9.17) is 16.5 Å². The Bertz CT molecular complexity index is 1590. The Morgan fingerprint density at radius 1 is 0.840 bits per heavy atom. The molecule has 0 bridgehead atoms. The van der Waals surface area contributed by atoms with Crippen molar-refractivity contribution >= 4 is 50.8 Å². The van der Waals surface area contributed by atoms with Gasteiger partial charge in [-0.3, -0.25) is 24.0 Å². The number of fused-ring (bicyclic) bond motifs is 1. The van der Waals surface area contributed by atoms with Crippen LogP contribution in [0.15, 0.2) is 48.5 Å². The third-order valence-electron chi connectivity index (χ3n) is 8.96. The predicted octanol–water partition coefficient (Wildman–Crippen LogP) is 5.40. The number of carbonyl (C=O) groups is 5. The van der Waals surface area contributed by atoms with E-state index in [1.54, 1.807) is 6.92 Å². The number of amides is 3. The van der Waals surface area contributed by atoms with E-state index in [2.05, 4.69) is 36.6 Å². The highest BCUT2D eigenvalue weighted by atomic mass is 32.1. The topological polar surface area (TPSA) is 174 Å². The van der Waals surface area contributed by atoms with Crippen molar-refractivity contribution in [2.24, 2.45) is 29.2 Å². The maximum Gasteiger partial charge on any atom is 0.240 e. The molecule has 6 N–H and O–H groups in total. The van der Waals surface area contributed by atoms with Crippen LogP contribution < -0.4 is 22.1 Å². The number of nitrogens with two attached hydrogens (primary N) is 2. The maximum absolute atomic E-state index is 14.1. The van der Waals surface area contributed by atoms with Gasteiger partial charge in [0.1, 0.15) is 11.8 Å². The van der Waals surface area contributed by atoms with Gasteiger partial charge in [-0.05, 0) is 67.3 Å². The summed E-state index contributed by atoms with van der Waals surface area (Å²) < 4.78 is 1.02. The second-order valence-corrected chi connectivity index (χ2v) is 15.1. The molecule has 3 aromatic rings. The molecule has 10 nitrogen and oxygen atoms in total. The minimum absolute atomic E-state index is 0.0240. The summed E-state index contributed by atoms with van der Waals surface area (Å²) >= 11 is 1.51. The second kappa shape index (κ2) is 20.0. The highest BCUT2D eigenvalue weighted by molar-refractivity contribution is 7.18. The maximum atomic E-state index is 14.1. The van der Waals surface area contributed by atoms with Crippen LogP contribution >= 0.6 is 11.3 Å². The number of primary amides is 1. The Labute approximate surface area is 300 Å². The molecule has 0 spiro atoms. The fourth-order valence-corrected chi connectivity index (χ4v) is 7.06. The lowest BCUT2D eigenvalue weighted by Gasteiger charge is -2.25. The number of hydrogen-bond donors (Lipinski definition) is 4. The van der Waals surface area contributed by atoms with Gasteiger partial charge in [-0.2, -0.15) is 0 Å². The number of benzene rings is 2. The number of carbonyl (C=O) groups excluding carboxylic acids is 5. The summed E-state index contributed by atoms with van der Waals surface area (Å²) in [6.45, 7) is 10.3. The highest BCUT2D eigenvalue weighted by Crippen LogP contribution is 2.29. The quantitative estimate of drug-likeness (QED) is 0.101. The van der Waals surface area contributed by atoms with Crippen LogP contribution in [0.5, 0.6) is 0 Å². The summed E-state index contributed by atoms with van der Waals surface area (Å²) in [5.41, 5.74) is 14.2. The van der Waals surface area contributed by atoms with Crippen LogP contribution in [0.4, 0.5) is 0 Å². The normalized spacial score (nSPS) is 13.9. The molecule has 2 aromatic carbocycles. The SMILES string of the molecule is CCC(=O)C[C@@H](Cc1nc2ccc(C(C)C)cc2s1)C(=O)N[C@@H](Cc1ccccc1)C(=O)C[C@@H](CCCCN)C(=O)N[C@@H](CC(C)C)C(N)=O. The van der Waals surface area contributed by atoms with Crippen molar-refractivity contribution in [1.82, 2.24) is 15.6 Å². The zero-order chi connectivity index (χ0) is 36.8. The molecule has 0 fully saturated rings. The van der Waals surface area contributed by atoms with Gasteiger partial charge in [-0.1, -0.05) is 77.4 Å². The smallest absolute Gasteiger partial charge is 0.240 e. The van der Waals surface area contributed by atoms with Crippen molar-refractivity contribution in [3.8, 4) is 0 Å². The Morgan fingerprint density at radius 2 is 1.52 bits per heavy atom. The number of nitrogens with one attached hydrogen (secondary N) is 2. The molecule has 272 valence electrons. The number of thiazole rings is 1. The number of ketones is 2. The summed E-state index contributed by atoms with van der Waals surface area (Å²) in [7, 11) is 0. The largest absolute Gasteiger partial charge is 0.368 e. The van der Waals surface area contributed by atoms with Crippen LogP contribution in [-0.2, 0) is 36.8 Å². The van der Waals surface area contributed by atoms with Gasteiger partial charge in [0.05, 0.1) is 27.2 Å². The molecule has 0 aliphatic heterocycles. The lowest BCUT2D eigenvalue weighted by Crippen LogP contribution is -2.49. The van der Waals surface area contributed by atoms with Gasteiger partial charge in [0, 0.05) is 31.6 Å². The first-order chi connectivity index (χ1) is 23.8. The van der Waals surface area contributed by atoms with E-state index in [1.807, 2.05) is 50.2 Å². The molecule has 50 heavy (non-hydrogen) atoms. The number of hydrogen-bond acceptors (Lipinski definition) is 8. The first kappa shape index (κ1) is 40.5. The fourth-order valence-electron chi connectivity index (χ4n) is 5.96. The van der Waals surface area contributed by atoms with E-state index in [1.165, 1.54) is 16.9 Å². The Balaban J connectivity index is 1.88. The molecular weight excluding hydrogens is 651 g/mol. The van der Waals surface area contributed by atoms with Crippen molar-refractivity contribution in [3.05, 3.63) is 64.7 Å². The molecule has 3 amide bonds. The van der Waals surface area contributed by atoms with Crippen molar-refractivity contribution in [2.75, 3.05) is 6.54 Å².